The third-order valence-electron chi connectivity index (χ3n) is 4.85. The molecule has 0 heterocycles. The van der Waals surface area contributed by atoms with Gasteiger partial charge in [-0.25, -0.2) is 0 Å². The number of ether oxygens (including phenoxy) is 1. The highest BCUT2D eigenvalue weighted by Crippen LogP contribution is 2.21. The molecule has 0 fully saturated rings. The second-order valence-electron chi connectivity index (χ2n) is 6.81. The number of benzene rings is 2. The van der Waals surface area contributed by atoms with Gasteiger partial charge in [0, 0.05) is 24.2 Å². The van der Waals surface area contributed by atoms with Crippen molar-refractivity contribution in [1.29, 1.82) is 0 Å². The molecule has 1 N–H and O–H groups in total. The summed E-state index contributed by atoms with van der Waals surface area (Å²) < 4.78 is 5.31. The number of carbonyl (C=O) groups is 2. The van der Waals surface area contributed by atoms with Gasteiger partial charge in [0.05, 0.1) is 13.5 Å². The predicted octanol–water partition coefficient (Wildman–Crippen LogP) is 3.60. The van der Waals surface area contributed by atoms with E-state index in [-0.39, 0.29) is 18.1 Å². The van der Waals surface area contributed by atoms with E-state index in [2.05, 4.69) is 48.3 Å². The van der Waals surface area contributed by atoms with Gasteiger partial charge in [-0.2, -0.15) is 0 Å². The summed E-state index contributed by atoms with van der Waals surface area (Å²) in [5.41, 5.74) is 3.61. The number of ketones is 1. The average molecular weight is 383 g/mol. The van der Waals surface area contributed by atoms with Gasteiger partial charge in [0.1, 0.15) is 5.75 Å². The summed E-state index contributed by atoms with van der Waals surface area (Å²) in [4.78, 5) is 26.3. The number of methoxy groups -OCH3 is 1. The highest BCUT2D eigenvalue weighted by Gasteiger charge is 2.11. The molecule has 2 aromatic rings. The largest absolute Gasteiger partial charge is 0.496 e. The van der Waals surface area contributed by atoms with Crippen molar-refractivity contribution in [3.05, 3.63) is 64.7 Å². The van der Waals surface area contributed by atoms with Crippen LogP contribution < -0.4 is 10.1 Å². The Labute approximate surface area is 167 Å². The van der Waals surface area contributed by atoms with Crippen LogP contribution in [0.15, 0.2) is 42.5 Å². The Bertz CT molecular complexity index is 796. The van der Waals surface area contributed by atoms with Crippen LogP contribution in [0, 0.1) is 0 Å². The smallest absolute Gasteiger partial charge is 0.224 e. The fourth-order valence-electron chi connectivity index (χ4n) is 3.04. The first-order valence-electron chi connectivity index (χ1n) is 9.71. The molecule has 5 nitrogen and oxygen atoms in total. The summed E-state index contributed by atoms with van der Waals surface area (Å²) in [6.45, 7) is 9.30. The number of Topliss-reactive ketones (excluding diaryl/α,β-unsaturated/α-hetero) is 1. The fourth-order valence-corrected chi connectivity index (χ4v) is 3.04. The van der Waals surface area contributed by atoms with E-state index in [4.69, 9.17) is 4.74 Å². The number of carbonyl (C=O) groups excluding carboxylic acids is 2. The van der Waals surface area contributed by atoms with Gasteiger partial charge in [0.2, 0.25) is 5.91 Å². The summed E-state index contributed by atoms with van der Waals surface area (Å²) in [6.07, 6.45) is 0.171. The second-order valence-corrected chi connectivity index (χ2v) is 6.81. The minimum atomic E-state index is -0.105. The Hall–Kier alpha value is -2.66. The van der Waals surface area contributed by atoms with E-state index in [1.165, 1.54) is 12.5 Å². The molecule has 0 atom stereocenters. The van der Waals surface area contributed by atoms with Crippen LogP contribution in [-0.4, -0.2) is 36.8 Å². The highest BCUT2D eigenvalue weighted by atomic mass is 16.5. The third kappa shape index (κ3) is 6.20. The molecule has 0 saturated carbocycles. The minimum Gasteiger partial charge on any atom is -0.496 e. The summed E-state index contributed by atoms with van der Waals surface area (Å²) in [6, 6.07) is 13.5. The van der Waals surface area contributed by atoms with Gasteiger partial charge in [-0.05, 0) is 49.3 Å². The maximum atomic E-state index is 12.4. The second kappa shape index (κ2) is 10.6. The van der Waals surface area contributed by atoms with Gasteiger partial charge in [-0.1, -0.05) is 38.1 Å². The molecule has 5 heteroatoms. The first kappa shape index (κ1) is 21.6. The monoisotopic (exact) mass is 382 g/mol. The molecular formula is C23H30N2O3. The summed E-state index contributed by atoms with van der Waals surface area (Å²) in [5, 5.41) is 2.94. The van der Waals surface area contributed by atoms with Gasteiger partial charge in [0.15, 0.2) is 5.78 Å². The Kier molecular flexibility index (Phi) is 8.20. The molecule has 0 aromatic heterocycles. The summed E-state index contributed by atoms with van der Waals surface area (Å²) >= 11 is 0. The molecule has 1 amide bonds. The molecule has 2 aromatic carbocycles. The first-order valence-corrected chi connectivity index (χ1v) is 9.71. The van der Waals surface area contributed by atoms with Crippen LogP contribution in [0.4, 0.5) is 0 Å². The molecular weight excluding hydrogens is 352 g/mol. The molecule has 0 aliphatic rings. The van der Waals surface area contributed by atoms with Crippen LogP contribution >= 0.6 is 0 Å². The van der Waals surface area contributed by atoms with Crippen LogP contribution in [-0.2, 0) is 24.3 Å². The van der Waals surface area contributed by atoms with Crippen molar-refractivity contribution in [3.8, 4) is 5.75 Å². The number of nitrogens with one attached hydrogen (secondary N) is 1. The van der Waals surface area contributed by atoms with E-state index in [0.717, 1.165) is 25.2 Å². The average Bonchev–Trinajstić information content (AvgIpc) is 2.71. The lowest BCUT2D eigenvalue weighted by Crippen LogP contribution is -2.25. The SMILES string of the molecule is CCN(CC)Cc1ccc(CNC(=O)Cc2cc(C(C)=O)ccc2OC)cc1. The van der Waals surface area contributed by atoms with Crippen molar-refractivity contribution < 1.29 is 14.3 Å². The number of nitrogens with zero attached hydrogens (tertiary/aromatic N) is 1. The van der Waals surface area contributed by atoms with Crippen molar-refractivity contribution in [1.82, 2.24) is 10.2 Å². The molecule has 28 heavy (non-hydrogen) atoms. The molecule has 2 rings (SSSR count). The van der Waals surface area contributed by atoms with E-state index in [1.807, 2.05) is 0 Å². The van der Waals surface area contributed by atoms with Crippen LogP contribution in [0.2, 0.25) is 0 Å². The number of hydrogen-bond donors (Lipinski definition) is 1. The summed E-state index contributed by atoms with van der Waals surface area (Å²) in [5.74, 6) is 0.473. The lowest BCUT2D eigenvalue weighted by molar-refractivity contribution is -0.120. The van der Waals surface area contributed by atoms with Crippen molar-refractivity contribution in [2.45, 2.75) is 40.3 Å². The lowest BCUT2D eigenvalue weighted by atomic mass is 10.0. The zero-order valence-electron chi connectivity index (χ0n) is 17.2. The van der Waals surface area contributed by atoms with Crippen molar-refractivity contribution in [2.75, 3.05) is 20.2 Å². The zero-order valence-corrected chi connectivity index (χ0v) is 17.2. The van der Waals surface area contributed by atoms with E-state index in [0.29, 0.717) is 23.4 Å². The zero-order chi connectivity index (χ0) is 20.5. The summed E-state index contributed by atoms with van der Waals surface area (Å²) in [7, 11) is 1.56. The van der Waals surface area contributed by atoms with Crippen LogP contribution in [0.1, 0.15) is 47.8 Å². The Morgan fingerprint density at radius 3 is 2.21 bits per heavy atom. The predicted molar refractivity (Wildman–Crippen MR) is 112 cm³/mol. The van der Waals surface area contributed by atoms with Gasteiger partial charge in [-0.3, -0.25) is 14.5 Å². The van der Waals surface area contributed by atoms with E-state index in [9.17, 15) is 9.59 Å². The Morgan fingerprint density at radius 2 is 1.64 bits per heavy atom. The van der Waals surface area contributed by atoms with E-state index in [1.54, 1.807) is 25.3 Å². The lowest BCUT2D eigenvalue weighted by Gasteiger charge is -2.18. The number of hydrogen-bond acceptors (Lipinski definition) is 4. The molecule has 0 unspecified atom stereocenters. The van der Waals surface area contributed by atoms with Gasteiger partial charge in [-0.15, -0.1) is 0 Å². The highest BCUT2D eigenvalue weighted by molar-refractivity contribution is 5.94. The van der Waals surface area contributed by atoms with Gasteiger partial charge in [0.25, 0.3) is 0 Å². The van der Waals surface area contributed by atoms with E-state index < -0.39 is 0 Å². The molecule has 0 aliphatic carbocycles. The maximum Gasteiger partial charge on any atom is 0.224 e. The van der Waals surface area contributed by atoms with Gasteiger partial charge < -0.3 is 10.1 Å². The normalized spacial score (nSPS) is 10.8. The Morgan fingerprint density at radius 1 is 1.00 bits per heavy atom. The minimum absolute atomic E-state index is 0.0332. The fraction of sp³-hybridized carbons (Fsp3) is 0.391. The third-order valence-corrected chi connectivity index (χ3v) is 4.85. The standard InChI is InChI=1S/C23H30N2O3/c1-5-25(6-2)16-19-9-7-18(8-10-19)15-24-23(27)14-21-13-20(17(3)26)11-12-22(21)28-4/h7-13H,5-6,14-16H2,1-4H3,(H,24,27). The Balaban J connectivity index is 1.94. The first-order chi connectivity index (χ1) is 13.5. The maximum absolute atomic E-state index is 12.4. The quantitative estimate of drug-likeness (QED) is 0.638. The van der Waals surface area contributed by atoms with Crippen molar-refractivity contribution in [2.24, 2.45) is 0 Å². The van der Waals surface area contributed by atoms with Gasteiger partial charge >= 0.3 is 0 Å². The molecule has 0 radical (unpaired) electrons. The van der Waals surface area contributed by atoms with Crippen LogP contribution in [0.3, 0.4) is 0 Å². The topological polar surface area (TPSA) is 58.6 Å². The molecule has 0 saturated heterocycles. The van der Waals surface area contributed by atoms with Crippen LogP contribution in [0.5, 0.6) is 5.75 Å². The number of rotatable bonds is 10. The van der Waals surface area contributed by atoms with E-state index >= 15 is 0 Å². The molecule has 150 valence electrons. The van der Waals surface area contributed by atoms with Crippen molar-refractivity contribution in [3.63, 3.8) is 0 Å². The molecule has 0 spiro atoms. The number of amides is 1. The van der Waals surface area contributed by atoms with Crippen molar-refractivity contribution >= 4 is 11.7 Å². The molecule has 0 bridgehead atoms. The molecule has 0 aliphatic heterocycles. The van der Waals surface area contributed by atoms with Crippen LogP contribution in [0.25, 0.3) is 0 Å².